The highest BCUT2D eigenvalue weighted by atomic mass is 32.2. The number of nitrogens with two attached hydrogens (primary N) is 1. The number of hydrogen-bond acceptors (Lipinski definition) is 6. The van der Waals surface area contributed by atoms with E-state index in [9.17, 15) is 9.59 Å². The quantitative estimate of drug-likeness (QED) is 0.726. The van der Waals surface area contributed by atoms with Crippen molar-refractivity contribution in [1.82, 2.24) is 0 Å². The largest absolute Gasteiger partial charge is 0.468 e. The molecule has 1 rings (SSSR count). The highest BCUT2D eigenvalue weighted by Gasteiger charge is 2.14. The number of nitrogens with zero attached hydrogens (tertiary/aromatic N) is 1. The smallest absolute Gasteiger partial charge is 0.323 e. The number of esters is 1. The SMILES string of the molecule is COC(=O)C(N)CSCC(=O)Nc1ccc(CC#N)cc1. The lowest BCUT2D eigenvalue weighted by Crippen LogP contribution is -2.34. The maximum absolute atomic E-state index is 11.7. The maximum Gasteiger partial charge on any atom is 0.323 e. The molecule has 21 heavy (non-hydrogen) atoms. The van der Waals surface area contributed by atoms with Crippen molar-refractivity contribution in [2.75, 3.05) is 23.9 Å². The highest BCUT2D eigenvalue weighted by Crippen LogP contribution is 2.11. The molecule has 7 heteroatoms. The zero-order chi connectivity index (χ0) is 15.7. The fourth-order valence-electron chi connectivity index (χ4n) is 1.49. The van der Waals surface area contributed by atoms with Crippen molar-refractivity contribution < 1.29 is 14.3 Å². The molecule has 0 bridgehead atoms. The number of anilines is 1. The summed E-state index contributed by atoms with van der Waals surface area (Å²) in [6, 6.07) is 8.40. The average molecular weight is 307 g/mol. The lowest BCUT2D eigenvalue weighted by molar-refractivity contribution is -0.141. The molecule has 0 heterocycles. The topological polar surface area (TPSA) is 105 Å². The van der Waals surface area contributed by atoms with E-state index in [2.05, 4.69) is 16.1 Å². The number of rotatable bonds is 7. The number of methoxy groups -OCH3 is 1. The Kier molecular flexibility index (Phi) is 7.29. The van der Waals surface area contributed by atoms with Crippen molar-refractivity contribution in [3.63, 3.8) is 0 Å². The average Bonchev–Trinajstić information content (AvgIpc) is 2.48. The predicted molar refractivity (Wildman–Crippen MR) is 81.7 cm³/mol. The van der Waals surface area contributed by atoms with Crippen molar-refractivity contribution >= 4 is 29.3 Å². The minimum absolute atomic E-state index is 0.176. The lowest BCUT2D eigenvalue weighted by atomic mass is 10.1. The van der Waals surface area contributed by atoms with Gasteiger partial charge in [-0.25, -0.2) is 0 Å². The van der Waals surface area contributed by atoms with E-state index in [1.54, 1.807) is 24.3 Å². The predicted octanol–water partition coefficient (Wildman–Crippen LogP) is 0.925. The molecule has 0 radical (unpaired) electrons. The van der Waals surface area contributed by atoms with Gasteiger partial charge in [0, 0.05) is 11.4 Å². The van der Waals surface area contributed by atoms with E-state index < -0.39 is 12.0 Å². The summed E-state index contributed by atoms with van der Waals surface area (Å²) in [4.78, 5) is 22.8. The van der Waals surface area contributed by atoms with Gasteiger partial charge >= 0.3 is 5.97 Å². The Balaban J connectivity index is 2.33. The van der Waals surface area contributed by atoms with Gasteiger partial charge in [0.1, 0.15) is 6.04 Å². The van der Waals surface area contributed by atoms with E-state index in [4.69, 9.17) is 11.0 Å². The fourth-order valence-corrected chi connectivity index (χ4v) is 2.26. The summed E-state index contributed by atoms with van der Waals surface area (Å²) in [5, 5.41) is 11.3. The van der Waals surface area contributed by atoms with Crippen LogP contribution in [0.15, 0.2) is 24.3 Å². The molecule has 0 aromatic heterocycles. The van der Waals surface area contributed by atoms with Crippen LogP contribution in [0.5, 0.6) is 0 Å². The Morgan fingerprint density at radius 3 is 2.67 bits per heavy atom. The van der Waals surface area contributed by atoms with Crippen LogP contribution in [-0.2, 0) is 20.7 Å². The molecule has 3 N–H and O–H groups in total. The molecule has 0 fully saturated rings. The normalized spacial score (nSPS) is 11.3. The summed E-state index contributed by atoms with van der Waals surface area (Å²) in [6.45, 7) is 0. The molecule has 0 aliphatic carbocycles. The molecule has 0 spiro atoms. The Morgan fingerprint density at radius 2 is 2.10 bits per heavy atom. The van der Waals surface area contributed by atoms with Crippen LogP contribution in [0.4, 0.5) is 5.69 Å². The van der Waals surface area contributed by atoms with Crippen molar-refractivity contribution in [1.29, 1.82) is 5.26 Å². The number of hydrogen-bond donors (Lipinski definition) is 2. The third-order valence-corrected chi connectivity index (χ3v) is 3.62. The second-order valence-corrected chi connectivity index (χ2v) is 5.26. The van der Waals surface area contributed by atoms with Crippen molar-refractivity contribution in [3.05, 3.63) is 29.8 Å². The van der Waals surface area contributed by atoms with Gasteiger partial charge < -0.3 is 15.8 Å². The lowest BCUT2D eigenvalue weighted by Gasteiger charge is -2.09. The monoisotopic (exact) mass is 307 g/mol. The number of ether oxygens (including phenoxy) is 1. The maximum atomic E-state index is 11.7. The van der Waals surface area contributed by atoms with E-state index >= 15 is 0 Å². The van der Waals surface area contributed by atoms with Gasteiger partial charge in [-0.05, 0) is 17.7 Å². The number of thioether (sulfide) groups is 1. The van der Waals surface area contributed by atoms with E-state index in [0.717, 1.165) is 5.56 Å². The Morgan fingerprint density at radius 1 is 1.43 bits per heavy atom. The number of carbonyl (C=O) groups is 2. The molecule has 1 atom stereocenters. The molecule has 112 valence electrons. The first kappa shape index (κ1) is 17.0. The number of nitrogens with one attached hydrogen (secondary N) is 1. The Bertz CT molecular complexity index is 525. The van der Waals surface area contributed by atoms with Crippen molar-refractivity contribution in [2.45, 2.75) is 12.5 Å². The standard InChI is InChI=1S/C14H17N3O3S/c1-20-14(19)12(16)8-21-9-13(18)17-11-4-2-10(3-5-11)6-7-15/h2-5,12H,6,8-9,16H2,1H3,(H,17,18). The second kappa shape index (κ2) is 9.00. The first-order chi connectivity index (χ1) is 10.1. The van der Waals surface area contributed by atoms with Crippen LogP contribution in [0, 0.1) is 11.3 Å². The molecule has 6 nitrogen and oxygen atoms in total. The second-order valence-electron chi connectivity index (χ2n) is 4.22. The number of amides is 1. The molecular weight excluding hydrogens is 290 g/mol. The molecule has 0 aliphatic rings. The molecule has 1 aromatic rings. The van der Waals surface area contributed by atoms with Gasteiger partial charge in [-0.1, -0.05) is 12.1 Å². The van der Waals surface area contributed by atoms with Crippen LogP contribution in [0.25, 0.3) is 0 Å². The minimum Gasteiger partial charge on any atom is -0.468 e. The molecule has 1 aromatic carbocycles. The summed E-state index contributed by atoms with van der Waals surface area (Å²) in [5.74, 6) is -0.146. The molecule has 0 saturated heterocycles. The Labute approximate surface area is 127 Å². The molecular formula is C14H17N3O3S. The first-order valence-electron chi connectivity index (χ1n) is 6.23. The Hall–Kier alpha value is -2.04. The summed E-state index contributed by atoms with van der Waals surface area (Å²) in [7, 11) is 1.27. The van der Waals surface area contributed by atoms with E-state index in [-0.39, 0.29) is 11.7 Å². The molecule has 0 aliphatic heterocycles. The van der Waals surface area contributed by atoms with Gasteiger partial charge in [0.2, 0.25) is 5.91 Å². The number of nitriles is 1. The van der Waals surface area contributed by atoms with Gasteiger partial charge in [-0.2, -0.15) is 5.26 Å². The van der Waals surface area contributed by atoms with E-state index in [1.807, 2.05) is 0 Å². The summed E-state index contributed by atoms with van der Waals surface area (Å²) in [5.41, 5.74) is 7.12. The van der Waals surface area contributed by atoms with Gasteiger partial charge in [0.05, 0.1) is 25.4 Å². The van der Waals surface area contributed by atoms with Gasteiger partial charge in [-0.15, -0.1) is 11.8 Å². The zero-order valence-corrected chi connectivity index (χ0v) is 12.5. The van der Waals surface area contributed by atoms with Crippen LogP contribution in [0.2, 0.25) is 0 Å². The summed E-state index contributed by atoms with van der Waals surface area (Å²) < 4.78 is 4.50. The van der Waals surface area contributed by atoms with Gasteiger partial charge in [0.15, 0.2) is 0 Å². The highest BCUT2D eigenvalue weighted by molar-refractivity contribution is 8.00. The van der Waals surface area contributed by atoms with Gasteiger partial charge in [-0.3, -0.25) is 9.59 Å². The van der Waals surface area contributed by atoms with E-state index in [1.165, 1.54) is 18.9 Å². The van der Waals surface area contributed by atoms with Crippen LogP contribution in [-0.4, -0.2) is 36.5 Å². The minimum atomic E-state index is -0.724. The van der Waals surface area contributed by atoms with Crippen LogP contribution in [0.3, 0.4) is 0 Å². The van der Waals surface area contributed by atoms with Crippen molar-refractivity contribution in [2.24, 2.45) is 5.73 Å². The van der Waals surface area contributed by atoms with Crippen LogP contribution in [0.1, 0.15) is 5.56 Å². The number of benzene rings is 1. The molecule has 0 saturated carbocycles. The van der Waals surface area contributed by atoms with Crippen LogP contribution >= 0.6 is 11.8 Å². The van der Waals surface area contributed by atoms with E-state index in [0.29, 0.717) is 17.9 Å². The van der Waals surface area contributed by atoms with Crippen molar-refractivity contribution in [3.8, 4) is 6.07 Å². The zero-order valence-electron chi connectivity index (χ0n) is 11.7. The number of carbonyl (C=O) groups excluding carboxylic acids is 2. The third-order valence-electron chi connectivity index (χ3n) is 2.56. The van der Waals surface area contributed by atoms with Crippen LogP contribution < -0.4 is 11.1 Å². The third kappa shape index (κ3) is 6.29. The first-order valence-corrected chi connectivity index (χ1v) is 7.39. The van der Waals surface area contributed by atoms with Gasteiger partial charge in [0.25, 0.3) is 0 Å². The molecule has 1 unspecified atom stereocenters. The molecule has 1 amide bonds. The fraction of sp³-hybridized carbons (Fsp3) is 0.357. The summed E-state index contributed by atoms with van der Waals surface area (Å²) in [6.07, 6.45) is 0.343. The summed E-state index contributed by atoms with van der Waals surface area (Å²) >= 11 is 1.26.